The van der Waals surface area contributed by atoms with Crippen molar-refractivity contribution in [3.05, 3.63) is 70.0 Å². The highest BCUT2D eigenvalue weighted by Crippen LogP contribution is 2.50. The van der Waals surface area contributed by atoms with Crippen molar-refractivity contribution < 1.29 is 9.32 Å². The van der Waals surface area contributed by atoms with Gasteiger partial charge in [-0.3, -0.25) is 9.69 Å². The van der Waals surface area contributed by atoms with E-state index in [1.165, 1.54) is 16.9 Å². The van der Waals surface area contributed by atoms with E-state index < -0.39 is 0 Å². The van der Waals surface area contributed by atoms with E-state index in [0.717, 1.165) is 43.2 Å². The maximum Gasteiger partial charge on any atom is 0.261 e. The lowest BCUT2D eigenvalue weighted by Gasteiger charge is -2.25. The summed E-state index contributed by atoms with van der Waals surface area (Å²) >= 11 is 1.48. The zero-order chi connectivity index (χ0) is 19.8. The Labute approximate surface area is 173 Å². The number of nitrogens with zero attached hydrogens (tertiary/aromatic N) is 3. The van der Waals surface area contributed by atoms with Crippen LogP contribution in [0.1, 0.15) is 39.8 Å². The van der Waals surface area contributed by atoms with Crippen molar-refractivity contribution in [3.8, 4) is 0 Å². The minimum absolute atomic E-state index is 0.0166. The standard InChI is InChI=1S/C22H24N4O2S/c1-15-23-21(28-25-15)22-11-18(24-20(27)19-8-5-9-29-19)10-17(22)13-26(14-22)12-16-6-3-2-4-7-16/h2-9,17-18H,10-14H2,1H3,(H,24,27)/t17-,18+,22-/m0/s1. The molecule has 3 aromatic rings. The van der Waals surface area contributed by atoms with E-state index in [2.05, 4.69) is 44.6 Å². The van der Waals surface area contributed by atoms with Crippen LogP contribution in [-0.2, 0) is 12.0 Å². The smallest absolute Gasteiger partial charge is 0.261 e. The van der Waals surface area contributed by atoms with Crippen molar-refractivity contribution in [3.63, 3.8) is 0 Å². The lowest BCUT2D eigenvalue weighted by atomic mass is 9.80. The molecule has 3 atom stereocenters. The van der Waals surface area contributed by atoms with Crippen molar-refractivity contribution in [2.75, 3.05) is 13.1 Å². The molecule has 6 nitrogen and oxygen atoms in total. The molecule has 2 aromatic heterocycles. The Kier molecular flexibility index (Phi) is 4.72. The van der Waals surface area contributed by atoms with Crippen LogP contribution in [0.5, 0.6) is 0 Å². The van der Waals surface area contributed by atoms with Gasteiger partial charge in [0, 0.05) is 25.7 Å². The van der Waals surface area contributed by atoms with Gasteiger partial charge in [-0.15, -0.1) is 11.3 Å². The molecule has 1 amide bonds. The molecule has 3 heterocycles. The maximum absolute atomic E-state index is 12.6. The number of aromatic nitrogens is 2. The Balaban J connectivity index is 1.36. The molecule has 2 aliphatic rings. The van der Waals surface area contributed by atoms with E-state index in [4.69, 9.17) is 4.52 Å². The Morgan fingerprint density at radius 2 is 2.17 bits per heavy atom. The van der Waals surface area contributed by atoms with E-state index in [1.807, 2.05) is 30.5 Å². The maximum atomic E-state index is 12.6. The van der Waals surface area contributed by atoms with E-state index in [9.17, 15) is 4.79 Å². The van der Waals surface area contributed by atoms with Crippen LogP contribution >= 0.6 is 11.3 Å². The van der Waals surface area contributed by atoms with Crippen molar-refractivity contribution in [1.29, 1.82) is 0 Å². The van der Waals surface area contributed by atoms with E-state index >= 15 is 0 Å². The van der Waals surface area contributed by atoms with Gasteiger partial charge in [-0.1, -0.05) is 41.6 Å². The van der Waals surface area contributed by atoms with Gasteiger partial charge < -0.3 is 9.84 Å². The van der Waals surface area contributed by atoms with Crippen molar-refractivity contribution in [2.45, 2.75) is 37.8 Å². The average Bonchev–Trinajstić information content (AvgIpc) is 3.46. The normalized spacial score (nSPS) is 26.5. The predicted octanol–water partition coefficient (Wildman–Crippen LogP) is 3.40. The van der Waals surface area contributed by atoms with Crippen LogP contribution in [0.3, 0.4) is 0 Å². The molecule has 150 valence electrons. The summed E-state index contributed by atoms with van der Waals surface area (Å²) in [5.41, 5.74) is 1.12. The first-order valence-corrected chi connectivity index (χ1v) is 10.9. The van der Waals surface area contributed by atoms with Crippen molar-refractivity contribution >= 4 is 17.2 Å². The number of aryl methyl sites for hydroxylation is 1. The number of amides is 1. The predicted molar refractivity (Wildman–Crippen MR) is 111 cm³/mol. The number of likely N-dealkylation sites (tertiary alicyclic amines) is 1. The van der Waals surface area contributed by atoms with Gasteiger partial charge in [0.25, 0.3) is 5.91 Å². The van der Waals surface area contributed by atoms with Crippen LogP contribution < -0.4 is 5.32 Å². The van der Waals surface area contributed by atoms with Crippen LogP contribution in [0.25, 0.3) is 0 Å². The fraction of sp³-hybridized carbons (Fsp3) is 0.409. The first kappa shape index (κ1) is 18.5. The molecule has 1 saturated carbocycles. The zero-order valence-corrected chi connectivity index (χ0v) is 17.2. The molecule has 0 spiro atoms. The topological polar surface area (TPSA) is 71.3 Å². The van der Waals surface area contributed by atoms with Gasteiger partial charge in [0.1, 0.15) is 0 Å². The molecule has 1 aromatic carbocycles. The number of carbonyl (C=O) groups is 1. The number of benzene rings is 1. The first-order valence-electron chi connectivity index (χ1n) is 10.0. The number of rotatable bonds is 5. The summed E-state index contributed by atoms with van der Waals surface area (Å²) in [6.45, 7) is 4.63. The molecule has 0 unspecified atom stereocenters. The summed E-state index contributed by atoms with van der Waals surface area (Å²) in [4.78, 5) is 20.4. The molecular weight excluding hydrogens is 384 g/mol. The van der Waals surface area contributed by atoms with Gasteiger partial charge in [0.15, 0.2) is 5.82 Å². The molecule has 0 bridgehead atoms. The molecule has 7 heteroatoms. The SMILES string of the molecule is Cc1noc([C@]23C[C@H](NC(=O)c4cccs4)C[C@H]2CN(Cc2ccccc2)C3)n1. The van der Waals surface area contributed by atoms with Crippen LogP contribution in [-0.4, -0.2) is 40.1 Å². The lowest BCUT2D eigenvalue weighted by molar-refractivity contribution is 0.0938. The molecule has 0 radical (unpaired) electrons. The van der Waals surface area contributed by atoms with Gasteiger partial charge in [-0.2, -0.15) is 4.98 Å². The van der Waals surface area contributed by atoms with Gasteiger partial charge in [-0.05, 0) is 42.7 Å². The Morgan fingerprint density at radius 3 is 2.90 bits per heavy atom. The second kappa shape index (κ2) is 7.39. The fourth-order valence-electron chi connectivity index (χ4n) is 5.04. The van der Waals surface area contributed by atoms with Crippen LogP contribution in [0.2, 0.25) is 0 Å². The monoisotopic (exact) mass is 408 g/mol. The molecule has 1 saturated heterocycles. The van der Waals surface area contributed by atoms with Gasteiger partial charge in [0.2, 0.25) is 5.89 Å². The highest BCUT2D eigenvalue weighted by molar-refractivity contribution is 7.12. The zero-order valence-electron chi connectivity index (χ0n) is 16.4. The highest BCUT2D eigenvalue weighted by atomic mass is 32.1. The average molecular weight is 409 g/mol. The van der Waals surface area contributed by atoms with Crippen LogP contribution in [0, 0.1) is 12.8 Å². The largest absolute Gasteiger partial charge is 0.349 e. The summed E-state index contributed by atoms with van der Waals surface area (Å²) in [6.07, 6.45) is 1.77. The number of hydrogen-bond donors (Lipinski definition) is 1. The third-order valence-electron chi connectivity index (χ3n) is 6.23. The molecule has 1 aliphatic heterocycles. The molecule has 2 fully saturated rings. The number of nitrogens with one attached hydrogen (secondary N) is 1. The number of fused-ring (bicyclic) bond motifs is 1. The minimum atomic E-state index is -0.191. The second-order valence-corrected chi connectivity index (χ2v) is 9.19. The Bertz CT molecular complexity index is 987. The summed E-state index contributed by atoms with van der Waals surface area (Å²) in [6, 6.07) is 14.5. The summed E-state index contributed by atoms with van der Waals surface area (Å²) in [7, 11) is 0. The van der Waals surface area contributed by atoms with Crippen molar-refractivity contribution in [1.82, 2.24) is 20.4 Å². The van der Waals surface area contributed by atoms with E-state index in [0.29, 0.717) is 11.7 Å². The molecule has 1 aliphatic carbocycles. The Morgan fingerprint density at radius 1 is 1.31 bits per heavy atom. The van der Waals surface area contributed by atoms with Gasteiger partial charge in [-0.25, -0.2) is 0 Å². The fourth-order valence-corrected chi connectivity index (χ4v) is 5.67. The van der Waals surface area contributed by atoms with Crippen LogP contribution in [0.4, 0.5) is 0 Å². The highest BCUT2D eigenvalue weighted by Gasteiger charge is 2.57. The number of carbonyl (C=O) groups excluding carboxylic acids is 1. The van der Waals surface area contributed by atoms with Gasteiger partial charge in [0.05, 0.1) is 10.3 Å². The third kappa shape index (κ3) is 3.49. The van der Waals surface area contributed by atoms with Gasteiger partial charge >= 0.3 is 0 Å². The molecule has 5 rings (SSSR count). The van der Waals surface area contributed by atoms with Crippen molar-refractivity contribution in [2.24, 2.45) is 5.92 Å². The lowest BCUT2D eigenvalue weighted by Crippen LogP contribution is -2.37. The van der Waals surface area contributed by atoms with E-state index in [-0.39, 0.29) is 17.4 Å². The third-order valence-corrected chi connectivity index (χ3v) is 7.10. The number of thiophene rings is 1. The second-order valence-electron chi connectivity index (χ2n) is 8.24. The quantitative estimate of drug-likeness (QED) is 0.701. The summed E-state index contributed by atoms with van der Waals surface area (Å²) < 4.78 is 5.68. The Hall–Kier alpha value is -2.51. The summed E-state index contributed by atoms with van der Waals surface area (Å²) in [5.74, 6) is 1.80. The minimum Gasteiger partial charge on any atom is -0.349 e. The molecular formula is C22H24N4O2S. The molecule has 29 heavy (non-hydrogen) atoms. The molecule has 1 N–H and O–H groups in total. The first-order chi connectivity index (χ1) is 14.1. The van der Waals surface area contributed by atoms with Crippen LogP contribution in [0.15, 0.2) is 52.4 Å². The summed E-state index contributed by atoms with van der Waals surface area (Å²) in [5, 5.41) is 9.23. The van der Waals surface area contributed by atoms with E-state index in [1.54, 1.807) is 0 Å². The number of hydrogen-bond acceptors (Lipinski definition) is 6.